The lowest BCUT2D eigenvalue weighted by Gasteiger charge is -2.26. The first-order valence-electron chi connectivity index (χ1n) is 9.42. The number of pyridine rings is 1. The largest absolute Gasteiger partial charge is 0.393 e. The fraction of sp³-hybridized carbons (Fsp3) is 0.286. The second-order valence-electron chi connectivity index (χ2n) is 7.09. The van der Waals surface area contributed by atoms with Crippen LogP contribution in [0.4, 0.5) is 5.69 Å². The van der Waals surface area contributed by atoms with Crippen molar-refractivity contribution in [2.45, 2.75) is 37.8 Å². The molecule has 7 nitrogen and oxygen atoms in total. The van der Waals surface area contributed by atoms with Crippen molar-refractivity contribution in [2.75, 3.05) is 5.32 Å². The molecule has 0 bridgehead atoms. The van der Waals surface area contributed by atoms with Gasteiger partial charge in [-0.25, -0.2) is 4.98 Å². The van der Waals surface area contributed by atoms with Gasteiger partial charge in [-0.05, 0) is 56.0 Å². The van der Waals surface area contributed by atoms with Crippen LogP contribution in [0.5, 0.6) is 0 Å². The van der Waals surface area contributed by atoms with Crippen molar-refractivity contribution in [2.24, 2.45) is 0 Å². The molecule has 0 saturated heterocycles. The fourth-order valence-electron chi connectivity index (χ4n) is 3.52. The highest BCUT2D eigenvalue weighted by molar-refractivity contribution is 6.04. The third-order valence-electron chi connectivity index (χ3n) is 5.06. The molecule has 1 aromatic carbocycles. The molecule has 0 aliphatic heterocycles. The molecule has 3 N–H and O–H groups in total. The first kappa shape index (κ1) is 18.2. The molecule has 2 amide bonds. The molecule has 0 spiro atoms. The average molecular weight is 378 g/mol. The number of fused-ring (bicyclic) bond motifs is 1. The van der Waals surface area contributed by atoms with Crippen molar-refractivity contribution in [1.82, 2.24) is 14.7 Å². The van der Waals surface area contributed by atoms with E-state index in [9.17, 15) is 14.7 Å². The number of aliphatic hydroxyl groups is 1. The van der Waals surface area contributed by atoms with Crippen LogP contribution in [0.25, 0.3) is 5.65 Å². The Bertz CT molecular complexity index is 1010. The molecule has 7 heteroatoms. The van der Waals surface area contributed by atoms with Crippen molar-refractivity contribution in [3.8, 4) is 0 Å². The van der Waals surface area contributed by atoms with Gasteiger partial charge < -0.3 is 15.7 Å². The van der Waals surface area contributed by atoms with E-state index in [1.54, 1.807) is 34.9 Å². The van der Waals surface area contributed by atoms with Crippen LogP contribution < -0.4 is 10.6 Å². The molecular formula is C21H22N4O3. The van der Waals surface area contributed by atoms with Gasteiger partial charge >= 0.3 is 0 Å². The van der Waals surface area contributed by atoms with Gasteiger partial charge in [-0.15, -0.1) is 0 Å². The number of amides is 2. The molecule has 2 heterocycles. The summed E-state index contributed by atoms with van der Waals surface area (Å²) in [6.07, 6.45) is 6.02. The number of anilines is 1. The van der Waals surface area contributed by atoms with E-state index in [0.29, 0.717) is 35.4 Å². The van der Waals surface area contributed by atoms with Gasteiger partial charge in [-0.2, -0.15) is 0 Å². The molecule has 0 atom stereocenters. The topological polar surface area (TPSA) is 95.7 Å². The summed E-state index contributed by atoms with van der Waals surface area (Å²) in [7, 11) is 0. The summed E-state index contributed by atoms with van der Waals surface area (Å²) in [5.74, 6) is -0.468. The number of rotatable bonds is 4. The maximum Gasteiger partial charge on any atom is 0.274 e. The van der Waals surface area contributed by atoms with Crippen molar-refractivity contribution < 1.29 is 14.7 Å². The number of hydrogen-bond acceptors (Lipinski definition) is 4. The van der Waals surface area contributed by atoms with Gasteiger partial charge in [0.1, 0.15) is 11.3 Å². The molecule has 1 aliphatic carbocycles. The molecule has 4 rings (SSSR count). The van der Waals surface area contributed by atoms with Gasteiger partial charge in [0.2, 0.25) is 0 Å². The summed E-state index contributed by atoms with van der Waals surface area (Å²) in [5.41, 5.74) is 2.15. The van der Waals surface area contributed by atoms with Crippen molar-refractivity contribution in [3.05, 3.63) is 66.1 Å². The van der Waals surface area contributed by atoms with Crippen LogP contribution in [-0.2, 0) is 0 Å². The van der Waals surface area contributed by atoms with Gasteiger partial charge in [0, 0.05) is 23.5 Å². The Hall–Kier alpha value is -3.19. The van der Waals surface area contributed by atoms with Crippen LogP contribution in [0.3, 0.4) is 0 Å². The minimum atomic E-state index is -0.294. The maximum absolute atomic E-state index is 12.6. The monoisotopic (exact) mass is 378 g/mol. The van der Waals surface area contributed by atoms with E-state index in [2.05, 4.69) is 15.6 Å². The summed E-state index contributed by atoms with van der Waals surface area (Å²) < 4.78 is 1.71. The van der Waals surface area contributed by atoms with Crippen LogP contribution in [-0.4, -0.2) is 38.5 Å². The van der Waals surface area contributed by atoms with Gasteiger partial charge in [0.15, 0.2) is 0 Å². The fourth-order valence-corrected chi connectivity index (χ4v) is 3.52. The van der Waals surface area contributed by atoms with E-state index in [1.807, 2.05) is 18.2 Å². The molecule has 1 fully saturated rings. The molecule has 1 saturated carbocycles. The number of carbonyl (C=O) groups is 2. The van der Waals surface area contributed by atoms with Crippen LogP contribution in [0.15, 0.2) is 54.9 Å². The van der Waals surface area contributed by atoms with E-state index in [0.717, 1.165) is 12.8 Å². The summed E-state index contributed by atoms with van der Waals surface area (Å²) >= 11 is 0. The van der Waals surface area contributed by atoms with E-state index < -0.39 is 0 Å². The zero-order valence-electron chi connectivity index (χ0n) is 15.3. The van der Waals surface area contributed by atoms with Gasteiger partial charge in [-0.3, -0.25) is 14.0 Å². The number of aromatic nitrogens is 2. The van der Waals surface area contributed by atoms with Gasteiger partial charge in [0.25, 0.3) is 11.8 Å². The first-order chi connectivity index (χ1) is 13.6. The SMILES string of the molecule is O=C(N[C@H]1CC[C@H](O)CC1)c1cccc(NC(=O)c2cnc3ccccn23)c1. The van der Waals surface area contributed by atoms with Crippen molar-refractivity contribution in [3.63, 3.8) is 0 Å². The standard InChI is InChI=1S/C21H22N4O3/c26-17-9-7-15(8-10-17)23-20(27)14-4-3-5-16(12-14)24-21(28)18-13-22-19-6-1-2-11-25(18)19/h1-6,11-13,15,17,26H,7-10H2,(H,23,27)(H,24,28)/t15-,17-. The Morgan fingerprint density at radius 2 is 1.86 bits per heavy atom. The third kappa shape index (κ3) is 3.89. The second-order valence-corrected chi connectivity index (χ2v) is 7.09. The van der Waals surface area contributed by atoms with E-state index in [1.165, 1.54) is 6.20 Å². The molecule has 0 radical (unpaired) electrons. The Morgan fingerprint density at radius 1 is 1.04 bits per heavy atom. The Labute approximate surface area is 162 Å². The molecule has 0 unspecified atom stereocenters. The average Bonchev–Trinajstić information content (AvgIpc) is 3.14. The predicted octanol–water partition coefficient (Wildman–Crippen LogP) is 2.62. The Morgan fingerprint density at radius 3 is 2.68 bits per heavy atom. The lowest BCUT2D eigenvalue weighted by atomic mass is 9.93. The highest BCUT2D eigenvalue weighted by Crippen LogP contribution is 2.19. The van der Waals surface area contributed by atoms with Crippen LogP contribution in [0, 0.1) is 0 Å². The Kier molecular flexibility index (Phi) is 5.08. The van der Waals surface area contributed by atoms with Crippen molar-refractivity contribution >= 4 is 23.1 Å². The van der Waals surface area contributed by atoms with Gasteiger partial charge in [0.05, 0.1) is 12.3 Å². The molecule has 144 valence electrons. The number of benzene rings is 1. The van der Waals surface area contributed by atoms with Gasteiger partial charge in [-0.1, -0.05) is 12.1 Å². The molecule has 1 aliphatic rings. The highest BCUT2D eigenvalue weighted by atomic mass is 16.3. The summed E-state index contributed by atoms with van der Waals surface area (Å²) in [4.78, 5) is 29.4. The predicted molar refractivity (Wildman–Crippen MR) is 105 cm³/mol. The van der Waals surface area contributed by atoms with Crippen molar-refractivity contribution in [1.29, 1.82) is 0 Å². The summed E-state index contributed by atoms with van der Waals surface area (Å²) in [6.45, 7) is 0. The zero-order chi connectivity index (χ0) is 19.5. The number of nitrogens with zero attached hydrogens (tertiary/aromatic N) is 2. The normalized spacial score (nSPS) is 19.3. The molecule has 2 aromatic heterocycles. The van der Waals surface area contributed by atoms with Crippen LogP contribution in [0.2, 0.25) is 0 Å². The van der Waals surface area contributed by atoms with E-state index in [-0.39, 0.29) is 24.0 Å². The molecule has 28 heavy (non-hydrogen) atoms. The lowest BCUT2D eigenvalue weighted by molar-refractivity contribution is 0.0867. The molecular weight excluding hydrogens is 356 g/mol. The Balaban J connectivity index is 1.44. The third-order valence-corrected chi connectivity index (χ3v) is 5.06. The van der Waals surface area contributed by atoms with E-state index in [4.69, 9.17) is 0 Å². The number of nitrogens with one attached hydrogen (secondary N) is 2. The minimum Gasteiger partial charge on any atom is -0.393 e. The summed E-state index contributed by atoms with van der Waals surface area (Å²) in [5, 5.41) is 15.4. The number of carbonyl (C=O) groups excluding carboxylic acids is 2. The zero-order valence-corrected chi connectivity index (χ0v) is 15.3. The smallest absolute Gasteiger partial charge is 0.274 e. The number of imidazole rings is 1. The highest BCUT2D eigenvalue weighted by Gasteiger charge is 2.21. The minimum absolute atomic E-state index is 0.0762. The molecule has 3 aromatic rings. The van der Waals surface area contributed by atoms with Crippen LogP contribution in [0.1, 0.15) is 46.5 Å². The number of aliphatic hydroxyl groups excluding tert-OH is 1. The van der Waals surface area contributed by atoms with E-state index >= 15 is 0 Å². The summed E-state index contributed by atoms with van der Waals surface area (Å²) in [6, 6.07) is 12.5. The number of hydrogen-bond donors (Lipinski definition) is 3. The quantitative estimate of drug-likeness (QED) is 0.650. The van der Waals surface area contributed by atoms with Crippen LogP contribution >= 0.6 is 0 Å². The lowest BCUT2D eigenvalue weighted by Crippen LogP contribution is -2.38. The maximum atomic E-state index is 12.6. The first-order valence-corrected chi connectivity index (χ1v) is 9.42. The second kappa shape index (κ2) is 7.82.